The number of hydrogen-bond donors (Lipinski definition) is 0. The highest BCUT2D eigenvalue weighted by Crippen LogP contribution is 1.89. The molecule has 0 aliphatic rings. The van der Waals surface area contributed by atoms with Crippen molar-refractivity contribution >= 4 is 15.9 Å². The molecule has 0 aromatic carbocycles. The molecule has 0 aliphatic heterocycles. The molecule has 0 radical (unpaired) electrons. The van der Waals surface area contributed by atoms with Crippen LogP contribution in [0.2, 0.25) is 0 Å². The molecule has 0 spiro atoms. The Kier molecular flexibility index (Phi) is 8.46. The van der Waals surface area contributed by atoms with Gasteiger partial charge in [-0.3, -0.25) is 4.98 Å². The van der Waals surface area contributed by atoms with E-state index in [2.05, 4.69) is 27.8 Å². The summed E-state index contributed by atoms with van der Waals surface area (Å²) in [7, 11) is 0. The van der Waals surface area contributed by atoms with Crippen LogP contribution in [0.4, 0.5) is 0 Å². The minimum absolute atomic E-state index is 1.16. The third-order valence-corrected chi connectivity index (χ3v) is 1.86. The van der Waals surface area contributed by atoms with Gasteiger partial charge in [-0.2, -0.15) is 0 Å². The van der Waals surface area contributed by atoms with Crippen molar-refractivity contribution in [2.45, 2.75) is 26.7 Å². The standard InChI is InChI=1S/C6H7N.C4H9Br/c1-6-3-2-4-7-5-6;1-2-3-4-5/h2-5H,1H3;2-4H2,1H3. The van der Waals surface area contributed by atoms with Crippen LogP contribution >= 0.6 is 15.9 Å². The van der Waals surface area contributed by atoms with Crippen LogP contribution in [0.5, 0.6) is 0 Å². The summed E-state index contributed by atoms with van der Waals surface area (Å²) in [6.45, 7) is 4.20. The predicted octanol–water partition coefficient (Wildman–Crippen LogP) is 3.57. The molecule has 1 aromatic rings. The fraction of sp³-hybridized carbons (Fsp3) is 0.500. The van der Waals surface area contributed by atoms with Crippen LogP contribution in [0, 0.1) is 6.92 Å². The largest absolute Gasteiger partial charge is 0.264 e. The van der Waals surface area contributed by atoms with Crippen LogP contribution in [0.15, 0.2) is 24.5 Å². The van der Waals surface area contributed by atoms with Gasteiger partial charge in [-0.15, -0.1) is 0 Å². The fourth-order valence-electron chi connectivity index (χ4n) is 0.582. The fourth-order valence-corrected chi connectivity index (χ4v) is 1.14. The maximum atomic E-state index is 3.88. The van der Waals surface area contributed by atoms with Crippen molar-refractivity contribution < 1.29 is 0 Å². The van der Waals surface area contributed by atoms with Gasteiger partial charge < -0.3 is 0 Å². The normalized spacial score (nSPS) is 8.58. The van der Waals surface area contributed by atoms with Crippen molar-refractivity contribution in [3.8, 4) is 0 Å². The van der Waals surface area contributed by atoms with Crippen LogP contribution in [0.3, 0.4) is 0 Å². The topological polar surface area (TPSA) is 12.9 Å². The molecule has 0 amide bonds. The van der Waals surface area contributed by atoms with Crippen molar-refractivity contribution in [2.24, 2.45) is 0 Å². The average molecular weight is 230 g/mol. The van der Waals surface area contributed by atoms with Gasteiger partial charge in [0.15, 0.2) is 0 Å². The van der Waals surface area contributed by atoms with E-state index < -0.39 is 0 Å². The number of alkyl halides is 1. The number of halogens is 1. The van der Waals surface area contributed by atoms with Crippen molar-refractivity contribution in [2.75, 3.05) is 5.33 Å². The molecule has 0 N–H and O–H groups in total. The Morgan fingerprint density at radius 1 is 1.50 bits per heavy atom. The molecule has 0 saturated heterocycles. The molecule has 1 heterocycles. The van der Waals surface area contributed by atoms with Crippen LogP contribution in [0.1, 0.15) is 25.3 Å². The number of nitrogens with zero attached hydrogens (tertiary/aromatic N) is 1. The lowest BCUT2D eigenvalue weighted by molar-refractivity contribution is 0.902. The number of unbranched alkanes of at least 4 members (excludes halogenated alkanes) is 1. The Hall–Kier alpha value is -0.370. The second-order valence-electron chi connectivity index (χ2n) is 2.57. The molecule has 0 unspecified atom stereocenters. The summed E-state index contributed by atoms with van der Waals surface area (Å²) in [5.41, 5.74) is 1.21. The van der Waals surface area contributed by atoms with Crippen molar-refractivity contribution in [1.82, 2.24) is 4.98 Å². The van der Waals surface area contributed by atoms with Gasteiger partial charge in [0.25, 0.3) is 0 Å². The summed E-state index contributed by atoms with van der Waals surface area (Å²) in [4.78, 5) is 3.88. The second kappa shape index (κ2) is 8.72. The van der Waals surface area contributed by atoms with Crippen molar-refractivity contribution in [3.63, 3.8) is 0 Å². The first-order valence-electron chi connectivity index (χ1n) is 4.23. The molecule has 1 aromatic heterocycles. The molecule has 2 heteroatoms. The van der Waals surface area contributed by atoms with Crippen LogP contribution in [-0.4, -0.2) is 10.3 Å². The van der Waals surface area contributed by atoms with Crippen molar-refractivity contribution in [3.05, 3.63) is 30.1 Å². The zero-order valence-electron chi connectivity index (χ0n) is 7.76. The molecule has 1 nitrogen and oxygen atoms in total. The zero-order chi connectivity index (χ0) is 9.23. The summed E-state index contributed by atoms with van der Waals surface area (Å²) in [5, 5.41) is 1.16. The molecule has 0 fully saturated rings. The first-order chi connectivity index (χ1) is 5.81. The average Bonchev–Trinajstić information content (AvgIpc) is 2.08. The summed E-state index contributed by atoms with van der Waals surface area (Å²) in [6.07, 6.45) is 6.21. The van der Waals surface area contributed by atoms with Gasteiger partial charge in [0.1, 0.15) is 0 Å². The smallest absolute Gasteiger partial charge is 0.0297 e. The lowest BCUT2D eigenvalue weighted by Crippen LogP contribution is -1.69. The molecule has 1 rings (SSSR count). The van der Waals surface area contributed by atoms with E-state index in [1.165, 1.54) is 18.4 Å². The van der Waals surface area contributed by atoms with E-state index in [9.17, 15) is 0 Å². The lowest BCUT2D eigenvalue weighted by Gasteiger charge is -1.82. The Balaban J connectivity index is 0.000000217. The van der Waals surface area contributed by atoms with E-state index in [-0.39, 0.29) is 0 Å². The van der Waals surface area contributed by atoms with Crippen LogP contribution < -0.4 is 0 Å². The minimum Gasteiger partial charge on any atom is -0.264 e. The second-order valence-corrected chi connectivity index (χ2v) is 3.37. The Morgan fingerprint density at radius 2 is 2.25 bits per heavy atom. The number of aromatic nitrogens is 1. The Morgan fingerprint density at radius 3 is 2.42 bits per heavy atom. The van der Waals surface area contributed by atoms with Gasteiger partial charge >= 0.3 is 0 Å². The summed E-state index contributed by atoms with van der Waals surface area (Å²) >= 11 is 3.31. The van der Waals surface area contributed by atoms with Gasteiger partial charge in [0.05, 0.1) is 0 Å². The van der Waals surface area contributed by atoms with Gasteiger partial charge in [-0.05, 0) is 25.0 Å². The third kappa shape index (κ3) is 7.73. The van der Waals surface area contributed by atoms with Crippen LogP contribution in [0.25, 0.3) is 0 Å². The lowest BCUT2D eigenvalue weighted by atomic mass is 10.3. The number of pyridine rings is 1. The highest BCUT2D eigenvalue weighted by molar-refractivity contribution is 9.09. The molecule has 0 saturated carbocycles. The maximum Gasteiger partial charge on any atom is 0.0297 e. The molecular weight excluding hydrogens is 214 g/mol. The third-order valence-electron chi connectivity index (χ3n) is 1.30. The zero-order valence-corrected chi connectivity index (χ0v) is 9.34. The van der Waals surface area contributed by atoms with E-state index in [4.69, 9.17) is 0 Å². The molecule has 0 bridgehead atoms. The SMILES string of the molecule is CCCCBr.Cc1cccnc1. The molecule has 68 valence electrons. The molecule has 0 atom stereocenters. The first-order valence-corrected chi connectivity index (χ1v) is 5.36. The number of aryl methyl sites for hydroxylation is 1. The van der Waals surface area contributed by atoms with Gasteiger partial charge in [-0.1, -0.05) is 35.3 Å². The maximum absolute atomic E-state index is 3.88. The Bertz CT molecular complexity index is 172. The van der Waals surface area contributed by atoms with Gasteiger partial charge in [0.2, 0.25) is 0 Å². The highest BCUT2D eigenvalue weighted by atomic mass is 79.9. The molecular formula is C10H16BrN. The first kappa shape index (κ1) is 11.6. The number of hydrogen-bond acceptors (Lipinski definition) is 1. The van der Waals surface area contributed by atoms with E-state index in [0.29, 0.717) is 0 Å². The highest BCUT2D eigenvalue weighted by Gasteiger charge is 1.73. The Labute approximate surface area is 83.3 Å². The monoisotopic (exact) mass is 229 g/mol. The minimum atomic E-state index is 1.16. The summed E-state index contributed by atoms with van der Waals surface area (Å²) in [5.74, 6) is 0. The van der Waals surface area contributed by atoms with Crippen molar-refractivity contribution in [1.29, 1.82) is 0 Å². The van der Waals surface area contributed by atoms with E-state index >= 15 is 0 Å². The molecule has 12 heavy (non-hydrogen) atoms. The van der Waals surface area contributed by atoms with Gasteiger partial charge in [0, 0.05) is 17.7 Å². The summed E-state index contributed by atoms with van der Waals surface area (Å²) < 4.78 is 0. The molecule has 0 aliphatic carbocycles. The van der Waals surface area contributed by atoms with Gasteiger partial charge in [-0.25, -0.2) is 0 Å². The quantitative estimate of drug-likeness (QED) is 0.707. The summed E-state index contributed by atoms with van der Waals surface area (Å²) in [6, 6.07) is 3.95. The van der Waals surface area contributed by atoms with E-state index in [1.54, 1.807) is 6.20 Å². The number of rotatable bonds is 2. The van der Waals surface area contributed by atoms with E-state index in [1.807, 2.05) is 25.3 Å². The van der Waals surface area contributed by atoms with Crippen LogP contribution in [-0.2, 0) is 0 Å². The van der Waals surface area contributed by atoms with E-state index in [0.717, 1.165) is 5.33 Å². The predicted molar refractivity (Wildman–Crippen MR) is 57.7 cm³/mol.